The first kappa shape index (κ1) is 22.8. The van der Waals surface area contributed by atoms with Crippen molar-refractivity contribution < 1.29 is 19.8 Å². The third kappa shape index (κ3) is 6.55. The number of hydrogen-bond acceptors (Lipinski definition) is 4. The smallest absolute Gasteiger partial charge is 0.345 e. The van der Waals surface area contributed by atoms with Crippen LogP contribution in [0.1, 0.15) is 46.3 Å². The van der Waals surface area contributed by atoms with Crippen molar-refractivity contribution >= 4 is 23.2 Å². The van der Waals surface area contributed by atoms with E-state index in [0.29, 0.717) is 17.7 Å². The molecule has 1 aliphatic rings. The molecule has 3 atom stereocenters. The molecule has 31 heavy (non-hydrogen) atoms. The zero-order valence-electron chi connectivity index (χ0n) is 17.5. The maximum atomic E-state index is 12.2. The molecule has 6 heteroatoms. The summed E-state index contributed by atoms with van der Waals surface area (Å²) in [6.45, 7) is 2.32. The quantitative estimate of drug-likeness (QED) is 0.484. The number of amides is 1. The molecule has 1 saturated heterocycles. The van der Waals surface area contributed by atoms with Crippen LogP contribution in [-0.2, 0) is 11.2 Å². The standard InChI is InChI=1S/C25H27NO4S/c1-18(9-10-19-6-3-2-4-7-19)22(27)14-11-20-12-16-24(28)26(20)17-5-8-21-13-15-23(31-21)25(29)30/h2-4,6-7,11,13-15,18,20,22,27H,9-10,12,16-17H2,1H3,(H,29,30)/b14-11+/t18-,20-,22+/m0/s1. The number of nitrogens with zero attached hydrogens (tertiary/aromatic N) is 1. The first-order valence-electron chi connectivity index (χ1n) is 10.5. The second kappa shape index (κ2) is 10.9. The van der Waals surface area contributed by atoms with Crippen LogP contribution in [0.15, 0.2) is 54.6 Å². The summed E-state index contributed by atoms with van der Waals surface area (Å²) in [6, 6.07) is 13.4. The lowest BCUT2D eigenvalue weighted by Crippen LogP contribution is -2.32. The van der Waals surface area contributed by atoms with E-state index in [1.807, 2.05) is 31.2 Å². The molecule has 2 heterocycles. The van der Waals surface area contributed by atoms with E-state index >= 15 is 0 Å². The number of aliphatic hydroxyl groups is 1. The SMILES string of the molecule is C[C@@H](CCc1ccccc1)[C@H](O)/C=C/[C@H]1CCC(=O)N1CC#Cc1ccc(C(=O)O)s1. The number of thiophene rings is 1. The first-order chi connectivity index (χ1) is 14.9. The van der Waals surface area contributed by atoms with Crippen LogP contribution in [0, 0.1) is 17.8 Å². The molecule has 162 valence electrons. The Balaban J connectivity index is 1.53. The summed E-state index contributed by atoms with van der Waals surface area (Å²) in [6.07, 6.45) is 6.15. The van der Waals surface area contributed by atoms with Gasteiger partial charge in [0.15, 0.2) is 0 Å². The minimum absolute atomic E-state index is 0.0490. The lowest BCUT2D eigenvalue weighted by molar-refractivity contribution is -0.127. The first-order valence-corrected chi connectivity index (χ1v) is 11.3. The van der Waals surface area contributed by atoms with Crippen LogP contribution in [-0.4, -0.2) is 45.7 Å². The fraction of sp³-hybridized carbons (Fsp3) is 0.360. The van der Waals surface area contributed by atoms with Gasteiger partial charge in [0.05, 0.1) is 23.6 Å². The van der Waals surface area contributed by atoms with Gasteiger partial charge in [0.2, 0.25) is 5.91 Å². The summed E-state index contributed by atoms with van der Waals surface area (Å²) < 4.78 is 0. The van der Waals surface area contributed by atoms with Crippen LogP contribution in [0.3, 0.4) is 0 Å². The van der Waals surface area contributed by atoms with E-state index in [9.17, 15) is 14.7 Å². The average molecular weight is 438 g/mol. The van der Waals surface area contributed by atoms with Crippen LogP contribution >= 0.6 is 11.3 Å². The van der Waals surface area contributed by atoms with Crippen LogP contribution in [0.25, 0.3) is 0 Å². The number of carboxylic acids is 1. The third-order valence-electron chi connectivity index (χ3n) is 5.50. The fourth-order valence-corrected chi connectivity index (χ4v) is 4.25. The highest BCUT2D eigenvalue weighted by Gasteiger charge is 2.28. The third-order valence-corrected chi connectivity index (χ3v) is 6.49. The summed E-state index contributed by atoms with van der Waals surface area (Å²) in [5.74, 6) is 5.12. The normalized spacial score (nSPS) is 18.1. The van der Waals surface area contributed by atoms with Crippen molar-refractivity contribution in [3.8, 4) is 11.8 Å². The van der Waals surface area contributed by atoms with Gasteiger partial charge in [-0.05, 0) is 42.9 Å². The maximum Gasteiger partial charge on any atom is 0.345 e. The Hall–Kier alpha value is -2.88. The molecule has 0 aliphatic carbocycles. The number of aryl methyl sites for hydroxylation is 1. The molecule has 1 amide bonds. The summed E-state index contributed by atoms with van der Waals surface area (Å²) in [5.41, 5.74) is 1.26. The molecule has 1 aliphatic heterocycles. The molecule has 0 radical (unpaired) electrons. The molecule has 2 N–H and O–H groups in total. The highest BCUT2D eigenvalue weighted by atomic mass is 32.1. The number of aliphatic hydroxyl groups excluding tert-OH is 1. The summed E-state index contributed by atoms with van der Waals surface area (Å²) >= 11 is 1.12. The van der Waals surface area contributed by atoms with Crippen molar-refractivity contribution in [2.45, 2.75) is 44.8 Å². The van der Waals surface area contributed by atoms with Crippen molar-refractivity contribution in [2.24, 2.45) is 5.92 Å². The highest BCUT2D eigenvalue weighted by molar-refractivity contribution is 7.14. The summed E-state index contributed by atoms with van der Waals surface area (Å²) in [5, 5.41) is 19.5. The van der Waals surface area contributed by atoms with Crippen LogP contribution < -0.4 is 0 Å². The predicted molar refractivity (Wildman–Crippen MR) is 122 cm³/mol. The molecule has 0 bridgehead atoms. The van der Waals surface area contributed by atoms with Crippen molar-refractivity contribution in [3.05, 3.63) is 69.9 Å². The molecular weight excluding hydrogens is 410 g/mol. The van der Waals surface area contributed by atoms with E-state index in [0.717, 1.165) is 24.2 Å². The molecule has 1 fully saturated rings. The van der Waals surface area contributed by atoms with Crippen LogP contribution in [0.5, 0.6) is 0 Å². The van der Waals surface area contributed by atoms with E-state index in [-0.39, 0.29) is 29.3 Å². The van der Waals surface area contributed by atoms with E-state index in [4.69, 9.17) is 5.11 Å². The van der Waals surface area contributed by atoms with Gasteiger partial charge in [-0.15, -0.1) is 11.3 Å². The summed E-state index contributed by atoms with van der Waals surface area (Å²) in [4.78, 5) is 25.8. The van der Waals surface area contributed by atoms with Crippen LogP contribution in [0.4, 0.5) is 0 Å². The fourth-order valence-electron chi connectivity index (χ4n) is 3.53. The molecule has 0 spiro atoms. The van der Waals surface area contributed by atoms with E-state index in [1.54, 1.807) is 17.0 Å². The molecule has 1 aromatic carbocycles. The van der Waals surface area contributed by atoms with Gasteiger partial charge in [0.1, 0.15) is 4.88 Å². The van der Waals surface area contributed by atoms with E-state index in [1.165, 1.54) is 11.6 Å². The van der Waals surface area contributed by atoms with Gasteiger partial charge >= 0.3 is 5.97 Å². The Bertz CT molecular complexity index is 986. The number of rotatable bonds is 8. The van der Waals surface area contributed by atoms with E-state index < -0.39 is 12.1 Å². The number of likely N-dealkylation sites (tertiary alicyclic amines) is 1. The Morgan fingerprint density at radius 1 is 1.29 bits per heavy atom. The van der Waals surface area contributed by atoms with Gasteiger partial charge in [-0.3, -0.25) is 4.79 Å². The number of aromatic carboxylic acids is 1. The van der Waals surface area contributed by atoms with Crippen molar-refractivity contribution in [3.63, 3.8) is 0 Å². The summed E-state index contributed by atoms with van der Waals surface area (Å²) in [7, 11) is 0. The molecule has 3 rings (SSSR count). The largest absolute Gasteiger partial charge is 0.477 e. The topological polar surface area (TPSA) is 77.8 Å². The molecule has 0 unspecified atom stereocenters. The van der Waals surface area contributed by atoms with Crippen molar-refractivity contribution in [2.75, 3.05) is 6.54 Å². The molecule has 5 nitrogen and oxygen atoms in total. The minimum atomic E-state index is -0.963. The molecule has 2 aromatic rings. The lowest BCUT2D eigenvalue weighted by atomic mass is 9.95. The lowest BCUT2D eigenvalue weighted by Gasteiger charge is -2.21. The highest BCUT2D eigenvalue weighted by Crippen LogP contribution is 2.21. The molecular formula is C25H27NO4S. The van der Waals surface area contributed by atoms with Crippen molar-refractivity contribution in [1.29, 1.82) is 0 Å². The van der Waals surface area contributed by atoms with Crippen LogP contribution in [0.2, 0.25) is 0 Å². The number of carboxylic acid groups (broad SMARTS) is 1. The molecule has 0 saturated carbocycles. The van der Waals surface area contributed by atoms with Gasteiger partial charge in [-0.2, -0.15) is 0 Å². The number of benzene rings is 1. The molecule has 1 aromatic heterocycles. The monoisotopic (exact) mass is 437 g/mol. The average Bonchev–Trinajstić information content (AvgIpc) is 3.38. The van der Waals surface area contributed by atoms with Gasteiger partial charge in [-0.25, -0.2) is 4.79 Å². The van der Waals surface area contributed by atoms with Gasteiger partial charge in [-0.1, -0.05) is 61.2 Å². The van der Waals surface area contributed by atoms with Gasteiger partial charge < -0.3 is 15.1 Å². The number of carbonyl (C=O) groups is 2. The second-order valence-corrected chi connectivity index (χ2v) is 8.86. The van der Waals surface area contributed by atoms with E-state index in [2.05, 4.69) is 24.0 Å². The minimum Gasteiger partial charge on any atom is -0.477 e. The zero-order valence-corrected chi connectivity index (χ0v) is 18.3. The zero-order chi connectivity index (χ0) is 22.2. The van der Waals surface area contributed by atoms with Gasteiger partial charge in [0, 0.05) is 6.42 Å². The second-order valence-electron chi connectivity index (χ2n) is 7.78. The predicted octanol–water partition coefficient (Wildman–Crippen LogP) is 3.97. The number of carbonyl (C=O) groups excluding carboxylic acids is 1. The Labute approximate surface area is 187 Å². The van der Waals surface area contributed by atoms with Crippen molar-refractivity contribution in [1.82, 2.24) is 4.90 Å². The van der Waals surface area contributed by atoms with Gasteiger partial charge in [0.25, 0.3) is 0 Å². The maximum absolute atomic E-state index is 12.2. The number of hydrogen-bond donors (Lipinski definition) is 2. The Morgan fingerprint density at radius 2 is 2.06 bits per heavy atom. The Kier molecular flexibility index (Phi) is 8.05. The Morgan fingerprint density at radius 3 is 2.77 bits per heavy atom.